The van der Waals surface area contributed by atoms with E-state index in [1.807, 2.05) is 30.4 Å². The molecule has 1 atom stereocenters. The largest absolute Gasteiger partial charge is 0.189 e. The summed E-state index contributed by atoms with van der Waals surface area (Å²) in [6.45, 7) is 0. The average molecular weight is 224 g/mol. The molecule has 84 valence electrons. The molecular weight excluding hydrogens is 212 g/mol. The molecule has 1 aliphatic rings. The zero-order valence-electron chi connectivity index (χ0n) is 9.24. The molecule has 0 bridgehead atoms. The van der Waals surface area contributed by atoms with Crippen LogP contribution in [0.15, 0.2) is 54.6 Å². The molecular formula is C13H12N4. The third-order valence-corrected chi connectivity index (χ3v) is 3.10. The Morgan fingerprint density at radius 2 is 2.00 bits per heavy atom. The minimum atomic E-state index is -0.289. The van der Waals surface area contributed by atoms with Gasteiger partial charge in [0.15, 0.2) is 5.82 Å². The maximum absolute atomic E-state index is 4.16. The number of nitrogens with one attached hydrogen (secondary N) is 1. The van der Waals surface area contributed by atoms with Crippen molar-refractivity contribution in [2.75, 3.05) is 0 Å². The van der Waals surface area contributed by atoms with Gasteiger partial charge in [-0.05, 0) is 12.0 Å². The number of nitrogens with zero attached hydrogens (tertiary/aromatic N) is 3. The highest BCUT2D eigenvalue weighted by molar-refractivity contribution is 5.42. The Balaban J connectivity index is 2.16. The van der Waals surface area contributed by atoms with Gasteiger partial charge < -0.3 is 0 Å². The van der Waals surface area contributed by atoms with E-state index in [-0.39, 0.29) is 5.41 Å². The van der Waals surface area contributed by atoms with Gasteiger partial charge in [-0.1, -0.05) is 59.8 Å². The molecule has 0 radical (unpaired) electrons. The fraction of sp³-hybridized carbons (Fsp3) is 0.154. The molecule has 1 heterocycles. The Kier molecular flexibility index (Phi) is 2.33. The first-order chi connectivity index (χ1) is 8.42. The second kappa shape index (κ2) is 3.97. The molecule has 0 saturated heterocycles. The molecule has 2 aromatic rings. The molecule has 1 N–H and O–H groups in total. The van der Waals surface area contributed by atoms with Crippen LogP contribution in [0.2, 0.25) is 0 Å². The van der Waals surface area contributed by atoms with E-state index in [0.717, 1.165) is 6.42 Å². The first-order valence-corrected chi connectivity index (χ1v) is 5.56. The van der Waals surface area contributed by atoms with Crippen LogP contribution in [0.4, 0.5) is 0 Å². The molecule has 0 aliphatic heterocycles. The molecule has 0 fully saturated rings. The highest BCUT2D eigenvalue weighted by atomic mass is 15.5. The molecule has 0 amide bonds. The van der Waals surface area contributed by atoms with Crippen LogP contribution in [0, 0.1) is 0 Å². The Hall–Kier alpha value is -2.23. The van der Waals surface area contributed by atoms with Gasteiger partial charge in [0.2, 0.25) is 0 Å². The van der Waals surface area contributed by atoms with E-state index in [0.29, 0.717) is 5.82 Å². The minimum absolute atomic E-state index is 0.289. The topological polar surface area (TPSA) is 54.5 Å². The van der Waals surface area contributed by atoms with Crippen molar-refractivity contribution in [1.82, 2.24) is 20.6 Å². The molecule has 1 aromatic heterocycles. The third kappa shape index (κ3) is 1.58. The van der Waals surface area contributed by atoms with Crippen LogP contribution in [0.5, 0.6) is 0 Å². The summed E-state index contributed by atoms with van der Waals surface area (Å²) >= 11 is 0. The lowest BCUT2D eigenvalue weighted by Crippen LogP contribution is -2.27. The van der Waals surface area contributed by atoms with E-state index < -0.39 is 0 Å². The van der Waals surface area contributed by atoms with Gasteiger partial charge in [-0.25, -0.2) is 0 Å². The van der Waals surface area contributed by atoms with E-state index in [1.54, 1.807) is 0 Å². The van der Waals surface area contributed by atoms with Crippen LogP contribution in [0.3, 0.4) is 0 Å². The normalized spacial score (nSPS) is 22.8. The van der Waals surface area contributed by atoms with Crippen LogP contribution in [-0.4, -0.2) is 20.6 Å². The summed E-state index contributed by atoms with van der Waals surface area (Å²) in [7, 11) is 0. The predicted molar refractivity (Wildman–Crippen MR) is 64.3 cm³/mol. The number of allylic oxidation sites excluding steroid dienone is 4. The summed E-state index contributed by atoms with van der Waals surface area (Å²) in [5, 5.41) is 14.5. The van der Waals surface area contributed by atoms with Crippen molar-refractivity contribution in [3.8, 4) is 0 Å². The Morgan fingerprint density at radius 3 is 2.65 bits per heavy atom. The van der Waals surface area contributed by atoms with Crippen LogP contribution < -0.4 is 0 Å². The van der Waals surface area contributed by atoms with Crippen molar-refractivity contribution in [2.45, 2.75) is 11.8 Å². The summed E-state index contributed by atoms with van der Waals surface area (Å²) in [6, 6.07) is 10.3. The summed E-state index contributed by atoms with van der Waals surface area (Å²) in [6.07, 6.45) is 9.19. The third-order valence-electron chi connectivity index (χ3n) is 3.10. The van der Waals surface area contributed by atoms with Crippen molar-refractivity contribution in [1.29, 1.82) is 0 Å². The summed E-state index contributed by atoms with van der Waals surface area (Å²) in [5.74, 6) is 0.712. The first kappa shape index (κ1) is 9.96. The van der Waals surface area contributed by atoms with E-state index in [9.17, 15) is 0 Å². The number of hydrogen-bond donors (Lipinski definition) is 1. The number of H-pyrrole nitrogens is 1. The van der Waals surface area contributed by atoms with E-state index in [2.05, 4.69) is 44.9 Å². The number of tetrazole rings is 1. The lowest BCUT2D eigenvalue weighted by molar-refractivity contribution is 0.600. The van der Waals surface area contributed by atoms with Gasteiger partial charge in [-0.3, -0.25) is 0 Å². The molecule has 0 spiro atoms. The lowest BCUT2D eigenvalue weighted by atomic mass is 9.75. The highest BCUT2D eigenvalue weighted by Crippen LogP contribution is 2.36. The lowest BCUT2D eigenvalue weighted by Gasteiger charge is -2.28. The van der Waals surface area contributed by atoms with Crippen molar-refractivity contribution in [2.24, 2.45) is 0 Å². The molecule has 4 nitrogen and oxygen atoms in total. The van der Waals surface area contributed by atoms with E-state index in [1.165, 1.54) is 5.56 Å². The maximum atomic E-state index is 4.16. The number of rotatable bonds is 2. The fourth-order valence-electron chi connectivity index (χ4n) is 2.22. The summed E-state index contributed by atoms with van der Waals surface area (Å²) in [4.78, 5) is 0. The van der Waals surface area contributed by atoms with Gasteiger partial charge in [0.1, 0.15) is 0 Å². The summed E-state index contributed by atoms with van der Waals surface area (Å²) < 4.78 is 0. The molecule has 1 unspecified atom stereocenters. The Labute approximate surface area is 99.1 Å². The van der Waals surface area contributed by atoms with Crippen molar-refractivity contribution in [3.63, 3.8) is 0 Å². The monoisotopic (exact) mass is 224 g/mol. The zero-order chi connectivity index (χ0) is 11.6. The molecule has 1 aliphatic carbocycles. The summed E-state index contributed by atoms with van der Waals surface area (Å²) in [5.41, 5.74) is 0.894. The maximum Gasteiger partial charge on any atom is 0.189 e. The second-order valence-corrected chi connectivity index (χ2v) is 4.06. The van der Waals surface area contributed by atoms with E-state index >= 15 is 0 Å². The first-order valence-electron chi connectivity index (χ1n) is 5.56. The van der Waals surface area contributed by atoms with Gasteiger partial charge in [0, 0.05) is 0 Å². The highest BCUT2D eigenvalue weighted by Gasteiger charge is 2.35. The van der Waals surface area contributed by atoms with Crippen LogP contribution in [-0.2, 0) is 5.41 Å². The van der Waals surface area contributed by atoms with E-state index in [4.69, 9.17) is 0 Å². The Bertz CT molecular complexity index is 542. The second-order valence-electron chi connectivity index (χ2n) is 4.06. The smallest absolute Gasteiger partial charge is 0.177 e. The molecule has 17 heavy (non-hydrogen) atoms. The Morgan fingerprint density at radius 1 is 1.12 bits per heavy atom. The van der Waals surface area contributed by atoms with Crippen LogP contribution in [0.1, 0.15) is 17.8 Å². The molecule has 0 saturated carbocycles. The van der Waals surface area contributed by atoms with Crippen molar-refractivity contribution >= 4 is 0 Å². The fourth-order valence-corrected chi connectivity index (χ4v) is 2.22. The van der Waals surface area contributed by atoms with Crippen LogP contribution in [0.25, 0.3) is 0 Å². The minimum Gasteiger partial charge on any atom is -0.177 e. The van der Waals surface area contributed by atoms with Gasteiger partial charge in [0.05, 0.1) is 5.41 Å². The number of hydrogen-bond acceptors (Lipinski definition) is 3. The zero-order valence-corrected chi connectivity index (χ0v) is 9.24. The quantitative estimate of drug-likeness (QED) is 0.848. The van der Waals surface area contributed by atoms with Gasteiger partial charge in [0.25, 0.3) is 0 Å². The average Bonchev–Trinajstić information content (AvgIpc) is 2.95. The van der Waals surface area contributed by atoms with Crippen molar-refractivity contribution < 1.29 is 0 Å². The SMILES string of the molecule is C1=CCC(c2ccccc2)(c2nn[nH]n2)C=C1. The molecule has 3 rings (SSSR count). The molecule has 1 aromatic carbocycles. The van der Waals surface area contributed by atoms with Gasteiger partial charge in [-0.15, -0.1) is 10.2 Å². The number of aromatic nitrogens is 4. The number of benzene rings is 1. The van der Waals surface area contributed by atoms with Crippen molar-refractivity contribution in [3.05, 3.63) is 66.0 Å². The molecule has 4 heteroatoms. The predicted octanol–water partition coefficient (Wildman–Crippen LogP) is 2.00. The van der Waals surface area contributed by atoms with Gasteiger partial charge in [-0.2, -0.15) is 5.21 Å². The number of aromatic amines is 1. The van der Waals surface area contributed by atoms with Gasteiger partial charge >= 0.3 is 0 Å². The standard InChI is InChI=1S/C13H12N4/c1-3-7-11(8-4-1)13(9-5-2-6-10-13)12-14-16-17-15-12/h1-9H,10H2,(H,14,15,16,17). The van der Waals surface area contributed by atoms with Crippen LogP contribution >= 0.6 is 0 Å².